The van der Waals surface area contributed by atoms with Crippen LogP contribution in [-0.2, 0) is 0 Å². The summed E-state index contributed by atoms with van der Waals surface area (Å²) >= 11 is 1.71. The van der Waals surface area contributed by atoms with Gasteiger partial charge < -0.3 is 5.32 Å². The molecule has 3 heteroatoms. The van der Waals surface area contributed by atoms with Gasteiger partial charge in [-0.2, -0.15) is 0 Å². The standard InChI is InChI=1S/C8H14N2S/c1-6(2)4-9-8-10-5-7(3)11-8/h5-6H,4H2,1-3H3,(H,9,10). The van der Waals surface area contributed by atoms with Crippen molar-refractivity contribution in [2.75, 3.05) is 11.9 Å². The number of anilines is 1. The smallest absolute Gasteiger partial charge is 0.182 e. The number of hydrogen-bond acceptors (Lipinski definition) is 3. The number of aromatic nitrogens is 1. The van der Waals surface area contributed by atoms with Crippen molar-refractivity contribution in [1.29, 1.82) is 0 Å². The molecule has 1 rings (SSSR count). The first-order valence-corrected chi connectivity index (χ1v) is 4.66. The number of nitrogens with one attached hydrogen (secondary N) is 1. The molecule has 1 aromatic rings. The van der Waals surface area contributed by atoms with Gasteiger partial charge >= 0.3 is 0 Å². The zero-order chi connectivity index (χ0) is 8.27. The van der Waals surface area contributed by atoms with E-state index in [1.807, 2.05) is 6.20 Å². The molecule has 11 heavy (non-hydrogen) atoms. The van der Waals surface area contributed by atoms with Crippen LogP contribution in [0.15, 0.2) is 6.20 Å². The lowest BCUT2D eigenvalue weighted by atomic mass is 10.2. The number of aryl methyl sites for hydroxylation is 1. The van der Waals surface area contributed by atoms with Crippen LogP contribution in [0.2, 0.25) is 0 Å². The highest BCUT2D eigenvalue weighted by Gasteiger charge is 1.97. The highest BCUT2D eigenvalue weighted by Crippen LogP contribution is 2.16. The Kier molecular flexibility index (Phi) is 2.88. The summed E-state index contributed by atoms with van der Waals surface area (Å²) in [4.78, 5) is 5.46. The van der Waals surface area contributed by atoms with Gasteiger partial charge in [-0.05, 0) is 12.8 Å². The van der Waals surface area contributed by atoms with Crippen LogP contribution in [0.25, 0.3) is 0 Å². The number of rotatable bonds is 3. The van der Waals surface area contributed by atoms with Crippen LogP contribution in [0.5, 0.6) is 0 Å². The van der Waals surface area contributed by atoms with E-state index in [1.54, 1.807) is 11.3 Å². The first-order chi connectivity index (χ1) is 5.18. The summed E-state index contributed by atoms with van der Waals surface area (Å²) in [5.41, 5.74) is 0. The number of nitrogens with zero attached hydrogens (tertiary/aromatic N) is 1. The molecule has 0 saturated heterocycles. The Hall–Kier alpha value is -0.570. The van der Waals surface area contributed by atoms with Gasteiger partial charge in [-0.15, -0.1) is 11.3 Å². The molecular weight excluding hydrogens is 156 g/mol. The molecule has 0 aliphatic carbocycles. The minimum absolute atomic E-state index is 0.680. The zero-order valence-corrected chi connectivity index (χ0v) is 8.03. The minimum atomic E-state index is 0.680. The number of thiazole rings is 1. The zero-order valence-electron chi connectivity index (χ0n) is 7.22. The summed E-state index contributed by atoms with van der Waals surface area (Å²) in [5, 5.41) is 4.31. The molecule has 0 amide bonds. The third kappa shape index (κ3) is 2.89. The van der Waals surface area contributed by atoms with E-state index in [1.165, 1.54) is 4.88 Å². The van der Waals surface area contributed by atoms with Crippen molar-refractivity contribution >= 4 is 16.5 Å². The van der Waals surface area contributed by atoms with Crippen LogP contribution in [-0.4, -0.2) is 11.5 Å². The van der Waals surface area contributed by atoms with Gasteiger partial charge in [0.15, 0.2) is 5.13 Å². The largest absolute Gasteiger partial charge is 0.361 e. The van der Waals surface area contributed by atoms with Crippen molar-refractivity contribution in [3.05, 3.63) is 11.1 Å². The third-order valence-electron chi connectivity index (χ3n) is 1.28. The van der Waals surface area contributed by atoms with Crippen molar-refractivity contribution in [2.24, 2.45) is 5.92 Å². The number of hydrogen-bond donors (Lipinski definition) is 1. The summed E-state index contributed by atoms with van der Waals surface area (Å²) in [6.45, 7) is 7.45. The summed E-state index contributed by atoms with van der Waals surface area (Å²) in [5.74, 6) is 0.680. The molecule has 0 spiro atoms. The monoisotopic (exact) mass is 170 g/mol. The van der Waals surface area contributed by atoms with Gasteiger partial charge in [0.05, 0.1) is 0 Å². The molecule has 1 aromatic heterocycles. The highest BCUT2D eigenvalue weighted by molar-refractivity contribution is 7.15. The fraction of sp³-hybridized carbons (Fsp3) is 0.625. The Balaban J connectivity index is 2.39. The minimum Gasteiger partial charge on any atom is -0.361 e. The third-order valence-corrected chi connectivity index (χ3v) is 2.15. The molecule has 62 valence electrons. The second-order valence-corrected chi connectivity index (χ2v) is 4.29. The van der Waals surface area contributed by atoms with Crippen LogP contribution in [0, 0.1) is 12.8 Å². The molecule has 1 N–H and O–H groups in total. The van der Waals surface area contributed by atoms with E-state index in [-0.39, 0.29) is 0 Å². The Morgan fingerprint density at radius 2 is 2.36 bits per heavy atom. The Bertz CT molecular complexity index is 218. The Morgan fingerprint density at radius 3 is 2.82 bits per heavy atom. The average molecular weight is 170 g/mol. The summed E-state index contributed by atoms with van der Waals surface area (Å²) < 4.78 is 0. The van der Waals surface area contributed by atoms with E-state index in [0.717, 1.165) is 11.7 Å². The first-order valence-electron chi connectivity index (χ1n) is 3.85. The fourth-order valence-electron chi connectivity index (χ4n) is 0.728. The van der Waals surface area contributed by atoms with Crippen molar-refractivity contribution < 1.29 is 0 Å². The molecule has 0 bridgehead atoms. The lowest BCUT2D eigenvalue weighted by molar-refractivity contribution is 0.688. The normalized spacial score (nSPS) is 10.5. The second kappa shape index (κ2) is 3.72. The Labute approximate surface area is 71.7 Å². The van der Waals surface area contributed by atoms with E-state index in [4.69, 9.17) is 0 Å². The predicted molar refractivity (Wildman–Crippen MR) is 50.2 cm³/mol. The maximum atomic E-state index is 4.20. The lowest BCUT2D eigenvalue weighted by Crippen LogP contribution is -2.07. The van der Waals surface area contributed by atoms with Crippen molar-refractivity contribution in [3.8, 4) is 0 Å². The van der Waals surface area contributed by atoms with Gasteiger partial charge in [-0.25, -0.2) is 4.98 Å². The lowest BCUT2D eigenvalue weighted by Gasteiger charge is -2.03. The van der Waals surface area contributed by atoms with Gasteiger partial charge in [0.25, 0.3) is 0 Å². The van der Waals surface area contributed by atoms with Gasteiger partial charge in [0.2, 0.25) is 0 Å². The van der Waals surface area contributed by atoms with Crippen molar-refractivity contribution in [3.63, 3.8) is 0 Å². The molecular formula is C8H14N2S. The summed E-state index contributed by atoms with van der Waals surface area (Å²) in [6.07, 6.45) is 1.90. The molecule has 0 aliphatic rings. The van der Waals surface area contributed by atoms with E-state index in [0.29, 0.717) is 5.92 Å². The summed E-state index contributed by atoms with van der Waals surface area (Å²) in [6, 6.07) is 0. The van der Waals surface area contributed by atoms with Crippen LogP contribution >= 0.6 is 11.3 Å². The van der Waals surface area contributed by atoms with Crippen molar-refractivity contribution in [1.82, 2.24) is 4.98 Å². The van der Waals surface area contributed by atoms with E-state index >= 15 is 0 Å². The van der Waals surface area contributed by atoms with Crippen LogP contribution in [0.4, 0.5) is 5.13 Å². The van der Waals surface area contributed by atoms with Gasteiger partial charge in [-0.1, -0.05) is 13.8 Å². The predicted octanol–water partition coefficient (Wildman–Crippen LogP) is 2.52. The summed E-state index contributed by atoms with van der Waals surface area (Å²) in [7, 11) is 0. The molecule has 0 unspecified atom stereocenters. The van der Waals surface area contributed by atoms with Gasteiger partial charge in [-0.3, -0.25) is 0 Å². The van der Waals surface area contributed by atoms with Crippen LogP contribution in [0.3, 0.4) is 0 Å². The molecule has 0 radical (unpaired) electrons. The van der Waals surface area contributed by atoms with Crippen LogP contribution < -0.4 is 5.32 Å². The van der Waals surface area contributed by atoms with Gasteiger partial charge in [0, 0.05) is 17.6 Å². The quantitative estimate of drug-likeness (QED) is 0.754. The topological polar surface area (TPSA) is 24.9 Å². The van der Waals surface area contributed by atoms with Gasteiger partial charge in [0.1, 0.15) is 0 Å². The highest BCUT2D eigenvalue weighted by atomic mass is 32.1. The first kappa shape index (κ1) is 8.53. The molecule has 0 aliphatic heterocycles. The van der Waals surface area contributed by atoms with Crippen molar-refractivity contribution in [2.45, 2.75) is 20.8 Å². The van der Waals surface area contributed by atoms with E-state index in [9.17, 15) is 0 Å². The second-order valence-electron chi connectivity index (χ2n) is 3.05. The average Bonchev–Trinajstić information content (AvgIpc) is 2.31. The maximum absolute atomic E-state index is 4.20. The van der Waals surface area contributed by atoms with Crippen LogP contribution in [0.1, 0.15) is 18.7 Å². The van der Waals surface area contributed by atoms with E-state index in [2.05, 4.69) is 31.1 Å². The molecule has 0 saturated carbocycles. The molecule has 0 atom stereocenters. The molecule has 0 fully saturated rings. The fourth-order valence-corrected chi connectivity index (χ4v) is 1.40. The molecule has 1 heterocycles. The molecule has 2 nitrogen and oxygen atoms in total. The molecule has 0 aromatic carbocycles. The SMILES string of the molecule is Cc1cnc(NCC(C)C)s1. The van der Waals surface area contributed by atoms with E-state index < -0.39 is 0 Å². The Morgan fingerprint density at radius 1 is 1.64 bits per heavy atom. The maximum Gasteiger partial charge on any atom is 0.182 e.